The molecule has 6 nitrogen and oxygen atoms in total. The van der Waals surface area contributed by atoms with Crippen molar-refractivity contribution in [3.05, 3.63) is 35.4 Å². The van der Waals surface area contributed by atoms with Crippen LogP contribution in [-0.4, -0.2) is 35.2 Å². The average molecular weight is 307 g/mol. The summed E-state index contributed by atoms with van der Waals surface area (Å²) in [5, 5.41) is 22.7. The number of nitriles is 1. The van der Waals surface area contributed by atoms with Gasteiger partial charge in [-0.25, -0.2) is 9.59 Å². The molecule has 0 aliphatic heterocycles. The molecule has 0 aromatic heterocycles. The molecular formula is C14H17N3O3S. The molecule has 1 atom stereocenters. The van der Waals surface area contributed by atoms with E-state index in [1.807, 2.05) is 12.3 Å². The molecule has 0 aliphatic rings. The fourth-order valence-corrected chi connectivity index (χ4v) is 2.05. The van der Waals surface area contributed by atoms with Crippen LogP contribution in [0.1, 0.15) is 17.5 Å². The van der Waals surface area contributed by atoms with Gasteiger partial charge in [0.05, 0.1) is 11.6 Å². The predicted octanol–water partition coefficient (Wildman–Crippen LogP) is 1.56. The molecule has 2 amide bonds. The summed E-state index contributed by atoms with van der Waals surface area (Å²) in [6, 6.07) is 7.39. The zero-order valence-corrected chi connectivity index (χ0v) is 12.4. The number of rotatable bonds is 7. The van der Waals surface area contributed by atoms with Crippen LogP contribution >= 0.6 is 11.8 Å². The standard InChI is InChI=1S/C14H17N3O3S/c1-21-7-6-12(13(18)19)17-14(20)16-9-11-4-2-10(8-15)3-5-11/h2-5,12H,6-7,9H2,1H3,(H,18,19)(H2,16,17,20). The van der Waals surface area contributed by atoms with E-state index in [1.165, 1.54) is 11.8 Å². The minimum absolute atomic E-state index is 0.270. The van der Waals surface area contributed by atoms with Crippen LogP contribution in [-0.2, 0) is 11.3 Å². The van der Waals surface area contributed by atoms with Crippen LogP contribution in [0.25, 0.3) is 0 Å². The summed E-state index contributed by atoms with van der Waals surface area (Å²) in [6.07, 6.45) is 2.25. The third kappa shape index (κ3) is 6.19. The number of benzene rings is 1. The van der Waals surface area contributed by atoms with Crippen molar-refractivity contribution in [3.63, 3.8) is 0 Å². The van der Waals surface area contributed by atoms with E-state index in [9.17, 15) is 9.59 Å². The third-order valence-corrected chi connectivity index (χ3v) is 3.39. The lowest BCUT2D eigenvalue weighted by Gasteiger charge is -2.14. The summed E-state index contributed by atoms with van der Waals surface area (Å²) >= 11 is 1.53. The molecule has 0 spiro atoms. The van der Waals surface area contributed by atoms with E-state index in [2.05, 4.69) is 10.6 Å². The van der Waals surface area contributed by atoms with Crippen molar-refractivity contribution in [1.29, 1.82) is 5.26 Å². The first-order valence-corrected chi connectivity index (χ1v) is 7.71. The third-order valence-electron chi connectivity index (χ3n) is 2.75. The quantitative estimate of drug-likeness (QED) is 0.709. The highest BCUT2D eigenvalue weighted by molar-refractivity contribution is 7.98. The normalized spacial score (nSPS) is 11.2. The SMILES string of the molecule is CSCCC(NC(=O)NCc1ccc(C#N)cc1)C(=O)O. The lowest BCUT2D eigenvalue weighted by Crippen LogP contribution is -2.46. The summed E-state index contributed by atoms with van der Waals surface area (Å²) in [7, 11) is 0. The van der Waals surface area contributed by atoms with Gasteiger partial charge in [0.2, 0.25) is 0 Å². The van der Waals surface area contributed by atoms with Gasteiger partial charge >= 0.3 is 12.0 Å². The van der Waals surface area contributed by atoms with Crippen LogP contribution in [0.15, 0.2) is 24.3 Å². The van der Waals surface area contributed by atoms with E-state index in [1.54, 1.807) is 24.3 Å². The number of carboxylic acid groups (broad SMARTS) is 1. The molecule has 1 aromatic rings. The fourth-order valence-electron chi connectivity index (χ4n) is 1.58. The van der Waals surface area contributed by atoms with E-state index in [0.29, 0.717) is 17.7 Å². The minimum Gasteiger partial charge on any atom is -0.480 e. The Labute approximate surface area is 127 Å². The average Bonchev–Trinajstić information content (AvgIpc) is 2.49. The molecule has 1 aromatic carbocycles. The number of amides is 2. The van der Waals surface area contributed by atoms with Crippen LogP contribution in [0.4, 0.5) is 4.79 Å². The number of urea groups is 1. The number of carbonyl (C=O) groups is 2. The summed E-state index contributed by atoms with van der Waals surface area (Å²) in [6.45, 7) is 0.270. The van der Waals surface area contributed by atoms with Crippen molar-refractivity contribution in [2.45, 2.75) is 19.0 Å². The van der Waals surface area contributed by atoms with Gasteiger partial charge in [0.1, 0.15) is 6.04 Å². The summed E-state index contributed by atoms with van der Waals surface area (Å²) in [4.78, 5) is 22.7. The summed E-state index contributed by atoms with van der Waals surface area (Å²) in [5.41, 5.74) is 1.38. The Morgan fingerprint density at radius 3 is 2.57 bits per heavy atom. The van der Waals surface area contributed by atoms with Gasteiger partial charge in [0.25, 0.3) is 0 Å². The molecule has 112 valence electrons. The van der Waals surface area contributed by atoms with Crippen LogP contribution in [0.3, 0.4) is 0 Å². The summed E-state index contributed by atoms with van der Waals surface area (Å²) in [5.74, 6) is -0.384. The first kappa shape index (κ1) is 16.9. The van der Waals surface area contributed by atoms with E-state index in [0.717, 1.165) is 5.56 Å². The number of aliphatic carboxylic acids is 1. The molecule has 0 saturated heterocycles. The lowest BCUT2D eigenvalue weighted by atomic mass is 10.1. The van der Waals surface area contributed by atoms with Crippen LogP contribution in [0, 0.1) is 11.3 Å². The van der Waals surface area contributed by atoms with Crippen molar-refractivity contribution in [3.8, 4) is 6.07 Å². The van der Waals surface area contributed by atoms with Gasteiger partial charge in [-0.3, -0.25) is 0 Å². The van der Waals surface area contributed by atoms with E-state index < -0.39 is 18.0 Å². The van der Waals surface area contributed by atoms with Gasteiger partial charge in [-0.2, -0.15) is 17.0 Å². The van der Waals surface area contributed by atoms with Crippen molar-refractivity contribution in [2.75, 3.05) is 12.0 Å². The molecule has 0 heterocycles. The molecule has 1 rings (SSSR count). The van der Waals surface area contributed by atoms with Gasteiger partial charge in [-0.15, -0.1) is 0 Å². The van der Waals surface area contributed by atoms with Gasteiger partial charge in [0, 0.05) is 6.54 Å². The Bertz CT molecular complexity index is 525. The van der Waals surface area contributed by atoms with Gasteiger partial charge in [-0.1, -0.05) is 12.1 Å². The first-order valence-electron chi connectivity index (χ1n) is 6.32. The number of hydrogen-bond acceptors (Lipinski definition) is 4. The Kier molecular flexibility index (Phi) is 7.12. The number of hydrogen-bond donors (Lipinski definition) is 3. The smallest absolute Gasteiger partial charge is 0.326 e. The molecule has 0 aliphatic carbocycles. The molecule has 7 heteroatoms. The Morgan fingerprint density at radius 1 is 1.38 bits per heavy atom. The largest absolute Gasteiger partial charge is 0.480 e. The Balaban J connectivity index is 2.44. The highest BCUT2D eigenvalue weighted by atomic mass is 32.2. The molecule has 0 fully saturated rings. The Hall–Kier alpha value is -2.20. The van der Waals surface area contributed by atoms with E-state index >= 15 is 0 Å². The van der Waals surface area contributed by atoms with Gasteiger partial charge in [-0.05, 0) is 36.1 Å². The fraction of sp³-hybridized carbons (Fsp3) is 0.357. The molecule has 3 N–H and O–H groups in total. The van der Waals surface area contributed by atoms with Crippen molar-refractivity contribution in [2.24, 2.45) is 0 Å². The van der Waals surface area contributed by atoms with Crippen LogP contribution in [0.5, 0.6) is 0 Å². The second-order valence-electron chi connectivity index (χ2n) is 4.31. The molecule has 0 radical (unpaired) electrons. The number of thioether (sulfide) groups is 1. The summed E-state index contributed by atoms with van der Waals surface area (Å²) < 4.78 is 0. The van der Waals surface area contributed by atoms with E-state index in [-0.39, 0.29) is 6.54 Å². The van der Waals surface area contributed by atoms with Crippen molar-refractivity contribution >= 4 is 23.8 Å². The Morgan fingerprint density at radius 2 is 2.05 bits per heavy atom. The molecule has 1 unspecified atom stereocenters. The van der Waals surface area contributed by atoms with Gasteiger partial charge in [0.15, 0.2) is 0 Å². The number of carboxylic acids is 1. The first-order chi connectivity index (χ1) is 10.1. The highest BCUT2D eigenvalue weighted by Gasteiger charge is 2.18. The van der Waals surface area contributed by atoms with Crippen LogP contribution in [0.2, 0.25) is 0 Å². The van der Waals surface area contributed by atoms with Gasteiger partial charge < -0.3 is 15.7 Å². The second kappa shape index (κ2) is 8.87. The second-order valence-corrected chi connectivity index (χ2v) is 5.29. The molecular weight excluding hydrogens is 290 g/mol. The molecule has 21 heavy (non-hydrogen) atoms. The van der Waals surface area contributed by atoms with Crippen LogP contribution < -0.4 is 10.6 Å². The molecule has 0 bridgehead atoms. The predicted molar refractivity (Wildman–Crippen MR) is 81.0 cm³/mol. The highest BCUT2D eigenvalue weighted by Crippen LogP contribution is 2.03. The maximum atomic E-state index is 11.7. The number of nitrogens with one attached hydrogen (secondary N) is 2. The number of nitrogens with zero attached hydrogens (tertiary/aromatic N) is 1. The number of carbonyl (C=O) groups excluding carboxylic acids is 1. The van der Waals surface area contributed by atoms with Crippen molar-refractivity contribution < 1.29 is 14.7 Å². The van der Waals surface area contributed by atoms with Crippen molar-refractivity contribution in [1.82, 2.24) is 10.6 Å². The maximum absolute atomic E-state index is 11.7. The zero-order valence-electron chi connectivity index (χ0n) is 11.6. The lowest BCUT2D eigenvalue weighted by molar-refractivity contribution is -0.139. The maximum Gasteiger partial charge on any atom is 0.326 e. The zero-order chi connectivity index (χ0) is 15.7. The minimum atomic E-state index is -1.04. The molecule has 0 saturated carbocycles. The topological polar surface area (TPSA) is 102 Å². The van der Waals surface area contributed by atoms with E-state index in [4.69, 9.17) is 10.4 Å². The monoisotopic (exact) mass is 307 g/mol.